The Bertz CT molecular complexity index is 966. The summed E-state index contributed by atoms with van der Waals surface area (Å²) in [6.07, 6.45) is 3.51. The molecule has 1 atom stereocenters. The lowest BCUT2D eigenvalue weighted by Gasteiger charge is -2.24. The van der Waals surface area contributed by atoms with Crippen LogP contribution in [0.2, 0.25) is 0 Å². The van der Waals surface area contributed by atoms with Crippen LogP contribution in [0.25, 0.3) is 11.3 Å². The fraction of sp³-hybridized carbons (Fsp3) is 0.190. The van der Waals surface area contributed by atoms with Gasteiger partial charge in [-0.1, -0.05) is 12.1 Å². The number of nitrogens with zero attached hydrogens (tertiary/aromatic N) is 3. The molecule has 2 N–H and O–H groups in total. The summed E-state index contributed by atoms with van der Waals surface area (Å²) in [5, 5.41) is 20.0. The number of carbonyl (C=O) groups is 1. The number of amides is 1. The minimum absolute atomic E-state index is 0.00970. The highest BCUT2D eigenvalue weighted by atomic mass is 19.1. The minimum atomic E-state index is -0.982. The molecule has 6 nitrogen and oxygen atoms in total. The third-order valence-corrected chi connectivity index (χ3v) is 4.32. The minimum Gasteiger partial charge on any atom is -0.508 e. The zero-order valence-corrected chi connectivity index (χ0v) is 15.3. The smallest absolute Gasteiger partial charge is 0.254 e. The number of likely N-dealkylation sites (N-methyl/N-ethyl adjacent to an activating group) is 1. The van der Waals surface area contributed by atoms with Gasteiger partial charge in [0, 0.05) is 30.1 Å². The van der Waals surface area contributed by atoms with Crippen LogP contribution in [-0.4, -0.2) is 44.1 Å². The molecule has 0 aliphatic heterocycles. The summed E-state index contributed by atoms with van der Waals surface area (Å²) in [5.74, 6) is -0.938. The second-order valence-electron chi connectivity index (χ2n) is 6.27. The van der Waals surface area contributed by atoms with Crippen molar-refractivity contribution >= 4 is 5.91 Å². The van der Waals surface area contributed by atoms with Crippen LogP contribution in [0.15, 0.2) is 61.1 Å². The largest absolute Gasteiger partial charge is 0.508 e. The van der Waals surface area contributed by atoms with Gasteiger partial charge in [-0.25, -0.2) is 4.39 Å². The van der Waals surface area contributed by atoms with E-state index in [1.807, 2.05) is 0 Å². The van der Waals surface area contributed by atoms with Crippen molar-refractivity contribution < 1.29 is 19.4 Å². The van der Waals surface area contributed by atoms with Gasteiger partial charge >= 0.3 is 0 Å². The maximum absolute atomic E-state index is 14.1. The summed E-state index contributed by atoms with van der Waals surface area (Å²) in [6.45, 7) is 2.11. The molecule has 1 aromatic heterocycles. The Kier molecular flexibility index (Phi) is 5.96. The number of hydrogen-bond acceptors (Lipinski definition) is 5. The van der Waals surface area contributed by atoms with Gasteiger partial charge < -0.3 is 15.1 Å². The fourth-order valence-electron chi connectivity index (χ4n) is 2.89. The summed E-state index contributed by atoms with van der Waals surface area (Å²) in [5.41, 5.74) is 1.55. The van der Waals surface area contributed by atoms with Crippen LogP contribution < -0.4 is 0 Å². The molecule has 0 fully saturated rings. The molecule has 3 rings (SSSR count). The zero-order valence-electron chi connectivity index (χ0n) is 15.3. The van der Waals surface area contributed by atoms with Crippen molar-refractivity contribution in [1.29, 1.82) is 0 Å². The number of hydrogen-bond donors (Lipinski definition) is 2. The number of rotatable bonds is 6. The Labute approximate surface area is 161 Å². The van der Waals surface area contributed by atoms with E-state index in [-0.39, 0.29) is 17.9 Å². The monoisotopic (exact) mass is 381 g/mol. The second kappa shape index (κ2) is 8.58. The van der Waals surface area contributed by atoms with Gasteiger partial charge in [0.05, 0.1) is 24.5 Å². The molecule has 0 saturated heterocycles. The highest BCUT2D eigenvalue weighted by Crippen LogP contribution is 2.23. The lowest BCUT2D eigenvalue weighted by atomic mass is 10.1. The van der Waals surface area contributed by atoms with E-state index in [1.54, 1.807) is 25.1 Å². The Morgan fingerprint density at radius 2 is 2.04 bits per heavy atom. The van der Waals surface area contributed by atoms with E-state index in [1.165, 1.54) is 41.7 Å². The maximum atomic E-state index is 14.1. The molecular weight excluding hydrogens is 361 g/mol. The van der Waals surface area contributed by atoms with E-state index in [2.05, 4.69) is 9.97 Å². The highest BCUT2D eigenvalue weighted by molar-refractivity contribution is 5.95. The number of aromatic nitrogens is 2. The van der Waals surface area contributed by atoms with E-state index in [0.717, 1.165) is 6.07 Å². The molecule has 0 saturated carbocycles. The average molecular weight is 381 g/mol. The summed E-state index contributed by atoms with van der Waals surface area (Å²) in [4.78, 5) is 22.4. The van der Waals surface area contributed by atoms with E-state index in [4.69, 9.17) is 0 Å². The first kappa shape index (κ1) is 19.4. The van der Waals surface area contributed by atoms with Gasteiger partial charge in [-0.15, -0.1) is 0 Å². The molecule has 3 aromatic rings. The van der Waals surface area contributed by atoms with E-state index in [9.17, 15) is 19.4 Å². The van der Waals surface area contributed by atoms with Crippen LogP contribution in [-0.2, 0) is 0 Å². The van der Waals surface area contributed by atoms with E-state index < -0.39 is 17.8 Å². The Morgan fingerprint density at radius 3 is 2.71 bits per heavy atom. The Hall–Kier alpha value is -3.32. The predicted octanol–water partition coefficient (Wildman–Crippen LogP) is 3.18. The molecule has 1 unspecified atom stereocenters. The summed E-state index contributed by atoms with van der Waals surface area (Å²) >= 11 is 0. The summed E-state index contributed by atoms with van der Waals surface area (Å²) < 4.78 is 14.1. The number of phenols is 1. The topological polar surface area (TPSA) is 86.5 Å². The Balaban J connectivity index is 1.84. The molecule has 0 bridgehead atoms. The van der Waals surface area contributed by atoms with Crippen LogP contribution >= 0.6 is 0 Å². The number of aliphatic hydroxyl groups excluding tert-OH is 1. The van der Waals surface area contributed by atoms with Gasteiger partial charge in [0.2, 0.25) is 0 Å². The van der Waals surface area contributed by atoms with E-state index >= 15 is 0 Å². The van der Waals surface area contributed by atoms with Gasteiger partial charge in [0.15, 0.2) is 0 Å². The van der Waals surface area contributed by atoms with Gasteiger partial charge in [0.1, 0.15) is 11.6 Å². The molecule has 0 radical (unpaired) electrons. The number of phenolic OH excluding ortho intramolecular Hbond substituents is 1. The number of benzene rings is 2. The predicted molar refractivity (Wildman–Crippen MR) is 102 cm³/mol. The standard InChI is InChI=1S/C21H20FN3O3/c1-2-25(13-20(27)14-4-3-5-18(26)11-14)21(28)16-8-15(9-17(22)10-16)19-12-23-6-7-24-19/h3-12,20,26-27H,2,13H2,1H3. The summed E-state index contributed by atoms with van der Waals surface area (Å²) in [7, 11) is 0. The zero-order chi connectivity index (χ0) is 20.1. The number of aliphatic hydroxyl groups is 1. The first-order valence-electron chi connectivity index (χ1n) is 8.81. The first-order valence-corrected chi connectivity index (χ1v) is 8.81. The average Bonchev–Trinajstić information content (AvgIpc) is 2.71. The molecule has 7 heteroatoms. The van der Waals surface area contributed by atoms with Gasteiger partial charge in [0.25, 0.3) is 5.91 Å². The van der Waals surface area contributed by atoms with Crippen LogP contribution in [0, 0.1) is 5.82 Å². The second-order valence-corrected chi connectivity index (χ2v) is 6.27. The molecule has 0 spiro atoms. The molecule has 2 aromatic carbocycles. The number of carbonyl (C=O) groups excluding carboxylic acids is 1. The van der Waals surface area contributed by atoms with Crippen molar-refractivity contribution in [3.63, 3.8) is 0 Å². The molecule has 0 aliphatic rings. The van der Waals surface area contributed by atoms with E-state index in [0.29, 0.717) is 23.4 Å². The van der Waals surface area contributed by atoms with Crippen LogP contribution in [0.1, 0.15) is 28.9 Å². The van der Waals surface area contributed by atoms with Crippen molar-refractivity contribution in [2.24, 2.45) is 0 Å². The third-order valence-electron chi connectivity index (χ3n) is 4.32. The van der Waals surface area contributed by atoms with Crippen molar-refractivity contribution in [3.05, 3.63) is 78.0 Å². The van der Waals surface area contributed by atoms with Crippen molar-refractivity contribution in [2.45, 2.75) is 13.0 Å². The highest BCUT2D eigenvalue weighted by Gasteiger charge is 2.20. The van der Waals surface area contributed by atoms with Crippen molar-refractivity contribution in [1.82, 2.24) is 14.9 Å². The molecule has 1 amide bonds. The third kappa shape index (κ3) is 4.50. The van der Waals surface area contributed by atoms with Crippen molar-refractivity contribution in [2.75, 3.05) is 13.1 Å². The van der Waals surface area contributed by atoms with Gasteiger partial charge in [-0.2, -0.15) is 0 Å². The normalized spacial score (nSPS) is 11.8. The lowest BCUT2D eigenvalue weighted by Crippen LogP contribution is -2.34. The van der Waals surface area contributed by atoms with Gasteiger partial charge in [-0.3, -0.25) is 14.8 Å². The van der Waals surface area contributed by atoms with Crippen LogP contribution in [0.3, 0.4) is 0 Å². The molecule has 144 valence electrons. The summed E-state index contributed by atoms with van der Waals surface area (Å²) in [6, 6.07) is 10.2. The Morgan fingerprint density at radius 1 is 1.21 bits per heavy atom. The fourth-order valence-corrected chi connectivity index (χ4v) is 2.89. The van der Waals surface area contributed by atoms with Crippen LogP contribution in [0.4, 0.5) is 4.39 Å². The first-order chi connectivity index (χ1) is 13.5. The number of halogens is 1. The molecule has 1 heterocycles. The maximum Gasteiger partial charge on any atom is 0.254 e. The molecular formula is C21H20FN3O3. The van der Waals surface area contributed by atoms with Crippen LogP contribution in [0.5, 0.6) is 5.75 Å². The SMILES string of the molecule is CCN(CC(O)c1cccc(O)c1)C(=O)c1cc(F)cc(-c2cnccn2)c1. The molecule has 28 heavy (non-hydrogen) atoms. The number of aromatic hydroxyl groups is 1. The lowest BCUT2D eigenvalue weighted by molar-refractivity contribution is 0.0634. The molecule has 0 aliphatic carbocycles. The van der Waals surface area contributed by atoms with Gasteiger partial charge in [-0.05, 0) is 42.8 Å². The quantitative estimate of drug-likeness (QED) is 0.685. The van der Waals surface area contributed by atoms with Crippen molar-refractivity contribution in [3.8, 4) is 17.0 Å².